The molecule has 0 unspecified atom stereocenters. The highest BCUT2D eigenvalue weighted by Crippen LogP contribution is 2.40. The van der Waals surface area contributed by atoms with Crippen LogP contribution in [0.4, 0.5) is 0 Å². The third kappa shape index (κ3) is 2.43. The van der Waals surface area contributed by atoms with Gasteiger partial charge >= 0.3 is 0 Å². The number of aromatic amines is 1. The van der Waals surface area contributed by atoms with Crippen LogP contribution in [0.2, 0.25) is 5.02 Å². The lowest BCUT2D eigenvalue weighted by atomic mass is 10.1. The fourth-order valence-electron chi connectivity index (χ4n) is 2.99. The van der Waals surface area contributed by atoms with Gasteiger partial charge in [0.25, 0.3) is 0 Å². The van der Waals surface area contributed by atoms with E-state index >= 15 is 0 Å². The molecule has 1 aromatic heterocycles. The van der Waals surface area contributed by atoms with Gasteiger partial charge in [0.05, 0.1) is 15.4 Å². The van der Waals surface area contributed by atoms with Crippen LogP contribution in [0.1, 0.15) is 16.8 Å². The summed E-state index contributed by atoms with van der Waals surface area (Å²) >= 11 is 8.22. The summed E-state index contributed by atoms with van der Waals surface area (Å²) in [6.07, 6.45) is 1.05. The largest absolute Gasteiger partial charge is 0.357 e. The van der Waals surface area contributed by atoms with Crippen LogP contribution >= 0.6 is 23.4 Å². The maximum absolute atomic E-state index is 6.49. The van der Waals surface area contributed by atoms with E-state index in [0.29, 0.717) is 0 Å². The number of hydrogen-bond acceptors (Lipinski definition) is 2. The van der Waals surface area contributed by atoms with Crippen molar-refractivity contribution in [2.75, 3.05) is 6.54 Å². The normalized spacial score (nSPS) is 14.3. The molecule has 112 valence electrons. The van der Waals surface area contributed by atoms with Crippen molar-refractivity contribution in [2.24, 2.45) is 0 Å². The molecule has 3 aromatic rings. The van der Waals surface area contributed by atoms with Crippen molar-refractivity contribution in [2.45, 2.75) is 29.7 Å². The molecule has 2 heterocycles. The molecule has 0 saturated carbocycles. The number of hydrogen-bond donors (Lipinski definition) is 2. The summed E-state index contributed by atoms with van der Waals surface area (Å²) in [7, 11) is 0. The highest BCUT2D eigenvalue weighted by atomic mass is 35.5. The molecule has 4 rings (SSSR count). The molecule has 4 heteroatoms. The molecule has 2 N–H and O–H groups in total. The standard InChI is InChI=1S/C18H17ClN2S/c1-11-2-4-12(5-3-11)22-18-15(19)7-6-13-14-10-20-9-8-16(14)21-17(13)18/h2-7,20-21H,8-10H2,1H3. The predicted octanol–water partition coefficient (Wildman–Crippen LogP) is 4.93. The number of halogens is 1. The Balaban J connectivity index is 1.83. The molecule has 22 heavy (non-hydrogen) atoms. The van der Waals surface area contributed by atoms with Crippen LogP contribution in [-0.4, -0.2) is 11.5 Å². The fourth-order valence-corrected chi connectivity index (χ4v) is 4.20. The summed E-state index contributed by atoms with van der Waals surface area (Å²) in [5.74, 6) is 0. The zero-order valence-corrected chi connectivity index (χ0v) is 13.9. The highest BCUT2D eigenvalue weighted by molar-refractivity contribution is 7.99. The van der Waals surface area contributed by atoms with Gasteiger partial charge in [-0.05, 0) is 30.7 Å². The van der Waals surface area contributed by atoms with E-state index in [1.165, 1.54) is 32.6 Å². The Bertz CT molecular complexity index is 836. The van der Waals surface area contributed by atoms with Crippen molar-refractivity contribution in [3.8, 4) is 0 Å². The van der Waals surface area contributed by atoms with Gasteiger partial charge in [-0.15, -0.1) is 0 Å². The van der Waals surface area contributed by atoms with E-state index in [-0.39, 0.29) is 0 Å². The van der Waals surface area contributed by atoms with Gasteiger partial charge in [0.1, 0.15) is 0 Å². The summed E-state index contributed by atoms with van der Waals surface area (Å²) in [4.78, 5) is 5.95. The van der Waals surface area contributed by atoms with Crippen LogP contribution in [-0.2, 0) is 13.0 Å². The van der Waals surface area contributed by atoms with E-state index in [1.807, 2.05) is 6.07 Å². The van der Waals surface area contributed by atoms with E-state index in [2.05, 4.69) is 47.6 Å². The lowest BCUT2D eigenvalue weighted by Gasteiger charge is -2.12. The van der Waals surface area contributed by atoms with Gasteiger partial charge < -0.3 is 10.3 Å². The smallest absolute Gasteiger partial charge is 0.0616 e. The molecule has 0 fully saturated rings. The first-order valence-corrected chi connectivity index (χ1v) is 8.69. The summed E-state index contributed by atoms with van der Waals surface area (Å²) in [6.45, 7) is 4.08. The molecule has 0 radical (unpaired) electrons. The molecular formula is C18H17ClN2S. The lowest BCUT2D eigenvalue weighted by molar-refractivity contribution is 0.641. The van der Waals surface area contributed by atoms with Crippen LogP contribution in [0.25, 0.3) is 10.9 Å². The minimum Gasteiger partial charge on any atom is -0.357 e. The quantitative estimate of drug-likeness (QED) is 0.698. The molecule has 0 saturated heterocycles. The number of benzene rings is 2. The summed E-state index contributed by atoms with van der Waals surface area (Å²) in [6, 6.07) is 12.7. The third-order valence-corrected chi connectivity index (χ3v) is 5.73. The monoisotopic (exact) mass is 328 g/mol. The molecule has 1 aliphatic rings. The van der Waals surface area contributed by atoms with Gasteiger partial charge in [-0.25, -0.2) is 0 Å². The molecule has 2 nitrogen and oxygen atoms in total. The number of nitrogens with one attached hydrogen (secondary N) is 2. The van der Waals surface area contributed by atoms with E-state index in [1.54, 1.807) is 11.8 Å². The van der Waals surface area contributed by atoms with Gasteiger partial charge in [0.15, 0.2) is 0 Å². The van der Waals surface area contributed by atoms with Crippen molar-refractivity contribution in [3.63, 3.8) is 0 Å². The molecule has 1 aliphatic heterocycles. The predicted molar refractivity (Wildman–Crippen MR) is 94.0 cm³/mol. The molecule has 2 aromatic carbocycles. The summed E-state index contributed by atoms with van der Waals surface area (Å²) in [5.41, 5.74) is 5.19. The first kappa shape index (κ1) is 14.2. The summed E-state index contributed by atoms with van der Waals surface area (Å²) in [5, 5.41) is 5.55. The number of aryl methyl sites for hydroxylation is 1. The highest BCUT2D eigenvalue weighted by Gasteiger charge is 2.18. The van der Waals surface area contributed by atoms with Gasteiger partial charge in [-0.1, -0.05) is 47.1 Å². The van der Waals surface area contributed by atoms with Crippen LogP contribution in [0.3, 0.4) is 0 Å². The third-order valence-electron chi connectivity index (χ3n) is 4.17. The minimum absolute atomic E-state index is 0.810. The van der Waals surface area contributed by atoms with Crippen LogP contribution in [0.5, 0.6) is 0 Å². The zero-order chi connectivity index (χ0) is 15.1. The van der Waals surface area contributed by atoms with E-state index in [9.17, 15) is 0 Å². The van der Waals surface area contributed by atoms with Crippen LogP contribution in [0.15, 0.2) is 46.2 Å². The fraction of sp³-hybridized carbons (Fsp3) is 0.222. The Morgan fingerprint density at radius 1 is 1.09 bits per heavy atom. The minimum atomic E-state index is 0.810. The van der Waals surface area contributed by atoms with Crippen LogP contribution < -0.4 is 5.32 Å². The molecule has 0 aliphatic carbocycles. The van der Waals surface area contributed by atoms with Gasteiger partial charge in [0.2, 0.25) is 0 Å². The van der Waals surface area contributed by atoms with E-state index in [4.69, 9.17) is 11.6 Å². The van der Waals surface area contributed by atoms with Crippen molar-refractivity contribution in [1.29, 1.82) is 0 Å². The molecule has 0 amide bonds. The molecule has 0 bridgehead atoms. The second-order valence-corrected chi connectivity index (χ2v) is 7.21. The lowest BCUT2D eigenvalue weighted by Crippen LogP contribution is -2.22. The number of H-pyrrole nitrogens is 1. The van der Waals surface area contributed by atoms with E-state index in [0.717, 1.165) is 29.4 Å². The average molecular weight is 329 g/mol. The second-order valence-electron chi connectivity index (χ2n) is 5.72. The topological polar surface area (TPSA) is 27.8 Å². The molecule has 0 spiro atoms. The van der Waals surface area contributed by atoms with Crippen molar-refractivity contribution >= 4 is 34.3 Å². The Labute approximate surface area is 139 Å². The van der Waals surface area contributed by atoms with Gasteiger partial charge in [-0.3, -0.25) is 0 Å². The molecular weight excluding hydrogens is 312 g/mol. The van der Waals surface area contributed by atoms with Crippen molar-refractivity contribution in [1.82, 2.24) is 10.3 Å². The Kier molecular flexibility index (Phi) is 3.65. The van der Waals surface area contributed by atoms with Crippen molar-refractivity contribution in [3.05, 3.63) is 58.2 Å². The first-order chi connectivity index (χ1) is 10.7. The van der Waals surface area contributed by atoms with Crippen molar-refractivity contribution < 1.29 is 0 Å². The van der Waals surface area contributed by atoms with Gasteiger partial charge in [0, 0.05) is 35.5 Å². The number of fused-ring (bicyclic) bond motifs is 3. The Hall–Kier alpha value is -1.42. The number of rotatable bonds is 2. The Morgan fingerprint density at radius 3 is 2.73 bits per heavy atom. The maximum Gasteiger partial charge on any atom is 0.0616 e. The van der Waals surface area contributed by atoms with Crippen LogP contribution in [0, 0.1) is 6.92 Å². The van der Waals surface area contributed by atoms with Gasteiger partial charge in [-0.2, -0.15) is 0 Å². The maximum atomic E-state index is 6.49. The molecule has 0 atom stereocenters. The summed E-state index contributed by atoms with van der Waals surface area (Å²) < 4.78 is 0. The SMILES string of the molecule is Cc1ccc(Sc2c(Cl)ccc3c4c([nH]c23)CCNC4)cc1. The zero-order valence-electron chi connectivity index (χ0n) is 12.4. The second kappa shape index (κ2) is 5.65. The Morgan fingerprint density at radius 2 is 1.91 bits per heavy atom. The average Bonchev–Trinajstić information content (AvgIpc) is 2.91. The van der Waals surface area contributed by atoms with E-state index < -0.39 is 0 Å². The first-order valence-electron chi connectivity index (χ1n) is 7.49. The number of aromatic nitrogens is 1.